The van der Waals surface area contributed by atoms with E-state index in [0.29, 0.717) is 22.3 Å². The molecule has 0 aliphatic heterocycles. The molecule has 4 aromatic rings. The summed E-state index contributed by atoms with van der Waals surface area (Å²) in [7, 11) is 1.59. The van der Waals surface area contributed by atoms with Gasteiger partial charge in [-0.15, -0.1) is 11.3 Å². The molecule has 0 saturated carbocycles. The Kier molecular flexibility index (Phi) is 6.02. The topological polar surface area (TPSA) is 86.0 Å². The lowest BCUT2D eigenvalue weighted by molar-refractivity contribution is -0.132. The number of methoxy groups -OCH3 is 1. The molecule has 0 aliphatic rings. The van der Waals surface area contributed by atoms with Crippen molar-refractivity contribution in [2.24, 2.45) is 0 Å². The molecule has 2 amide bonds. The van der Waals surface area contributed by atoms with E-state index in [1.54, 1.807) is 19.2 Å². The van der Waals surface area contributed by atoms with Gasteiger partial charge in [0, 0.05) is 25.6 Å². The van der Waals surface area contributed by atoms with Gasteiger partial charge in [0.25, 0.3) is 0 Å². The van der Waals surface area contributed by atoms with Crippen molar-refractivity contribution in [3.63, 3.8) is 0 Å². The molecule has 0 radical (unpaired) electrons. The second-order valence-corrected chi connectivity index (χ2v) is 8.25. The molecule has 2 aromatic carbocycles. The molecule has 168 valence electrons. The third kappa shape index (κ3) is 4.25. The summed E-state index contributed by atoms with van der Waals surface area (Å²) in [5.41, 5.74) is 2.47. The lowest BCUT2D eigenvalue weighted by Crippen LogP contribution is -2.33. The molecule has 2 heterocycles. The fourth-order valence-electron chi connectivity index (χ4n) is 3.68. The molecule has 0 aliphatic carbocycles. The Labute approximate surface area is 194 Å². The van der Waals surface area contributed by atoms with Crippen molar-refractivity contribution in [2.45, 2.75) is 20.8 Å². The first-order chi connectivity index (χ1) is 15.8. The van der Waals surface area contributed by atoms with E-state index in [-0.39, 0.29) is 11.6 Å². The smallest absolute Gasteiger partial charge is 0.308 e. The van der Waals surface area contributed by atoms with Crippen LogP contribution in [0, 0.1) is 0 Å². The highest BCUT2D eigenvalue weighted by molar-refractivity contribution is 7.13. The number of rotatable bonds is 5. The van der Waals surface area contributed by atoms with Crippen LogP contribution >= 0.6 is 11.3 Å². The Balaban J connectivity index is 2.05. The van der Waals surface area contributed by atoms with Gasteiger partial charge in [0.15, 0.2) is 0 Å². The van der Waals surface area contributed by atoms with E-state index in [9.17, 15) is 14.4 Å². The van der Waals surface area contributed by atoms with Gasteiger partial charge in [-0.2, -0.15) is 0 Å². The molecular weight excluding hydrogens is 442 g/mol. The van der Waals surface area contributed by atoms with E-state index in [0.717, 1.165) is 20.9 Å². The molecule has 8 heteroatoms. The van der Waals surface area contributed by atoms with Crippen molar-refractivity contribution < 1.29 is 28.3 Å². The highest BCUT2D eigenvalue weighted by Crippen LogP contribution is 2.48. The number of imide groups is 1. The van der Waals surface area contributed by atoms with Crippen LogP contribution in [0.15, 0.2) is 58.3 Å². The highest BCUT2D eigenvalue weighted by atomic mass is 32.1. The fraction of sp³-hybridized carbons (Fsp3) is 0.160. The Morgan fingerprint density at radius 3 is 2.18 bits per heavy atom. The number of esters is 1. The maximum atomic E-state index is 12.3. The lowest BCUT2D eigenvalue weighted by Gasteiger charge is -2.15. The summed E-state index contributed by atoms with van der Waals surface area (Å²) in [6.45, 7) is 3.90. The number of benzene rings is 2. The molecule has 0 spiro atoms. The van der Waals surface area contributed by atoms with Crippen LogP contribution in [0.2, 0.25) is 0 Å². The van der Waals surface area contributed by atoms with E-state index in [4.69, 9.17) is 13.9 Å². The van der Waals surface area contributed by atoms with Crippen LogP contribution in [0.1, 0.15) is 20.8 Å². The average Bonchev–Trinajstić information content (AvgIpc) is 3.40. The fourth-order valence-corrected chi connectivity index (χ4v) is 4.45. The average molecular weight is 464 g/mol. The second-order valence-electron chi connectivity index (χ2n) is 7.30. The third-order valence-corrected chi connectivity index (χ3v) is 5.90. The van der Waals surface area contributed by atoms with Crippen LogP contribution in [0.3, 0.4) is 0 Å². The van der Waals surface area contributed by atoms with Crippen LogP contribution in [-0.2, 0) is 14.4 Å². The van der Waals surface area contributed by atoms with Crippen LogP contribution in [0.5, 0.6) is 11.5 Å². The molecule has 2 aromatic heterocycles. The SMILES string of the molecule is COc1ccc(-c2cc(OC(C)=O)c3c(-c4cccs4)c(N(C(C)=O)C(C)=O)oc3c2)cc1. The van der Waals surface area contributed by atoms with Gasteiger partial charge in [0.05, 0.1) is 18.1 Å². The third-order valence-electron chi connectivity index (χ3n) is 5.01. The first-order valence-corrected chi connectivity index (χ1v) is 11.0. The summed E-state index contributed by atoms with van der Waals surface area (Å²) in [5, 5.41) is 2.38. The van der Waals surface area contributed by atoms with Gasteiger partial charge in [0.1, 0.15) is 17.1 Å². The van der Waals surface area contributed by atoms with Gasteiger partial charge in [-0.05, 0) is 46.8 Å². The normalized spacial score (nSPS) is 10.8. The quantitative estimate of drug-likeness (QED) is 0.280. The van der Waals surface area contributed by atoms with E-state index < -0.39 is 17.8 Å². The number of hydrogen-bond acceptors (Lipinski definition) is 7. The first kappa shape index (κ1) is 22.3. The summed E-state index contributed by atoms with van der Waals surface area (Å²) < 4.78 is 16.9. The number of carbonyl (C=O) groups is 3. The van der Waals surface area contributed by atoms with Crippen LogP contribution in [-0.4, -0.2) is 24.9 Å². The number of fused-ring (bicyclic) bond motifs is 1. The molecule has 0 bridgehead atoms. The van der Waals surface area contributed by atoms with Crippen molar-refractivity contribution >= 4 is 46.0 Å². The van der Waals surface area contributed by atoms with Crippen molar-refractivity contribution in [1.82, 2.24) is 0 Å². The minimum Gasteiger partial charge on any atom is -0.497 e. The maximum Gasteiger partial charge on any atom is 0.308 e. The summed E-state index contributed by atoms with van der Waals surface area (Å²) in [6.07, 6.45) is 0. The van der Waals surface area contributed by atoms with Crippen LogP contribution in [0.25, 0.3) is 32.5 Å². The zero-order valence-electron chi connectivity index (χ0n) is 18.5. The molecule has 0 fully saturated rings. The van der Waals surface area contributed by atoms with Crippen LogP contribution in [0.4, 0.5) is 5.88 Å². The van der Waals surface area contributed by atoms with Crippen molar-refractivity contribution in [3.8, 4) is 33.1 Å². The minimum atomic E-state index is -0.502. The predicted molar refractivity (Wildman–Crippen MR) is 127 cm³/mol. The maximum absolute atomic E-state index is 12.3. The molecule has 0 N–H and O–H groups in total. The molecule has 0 unspecified atom stereocenters. The van der Waals surface area contributed by atoms with E-state index >= 15 is 0 Å². The van der Waals surface area contributed by atoms with Crippen molar-refractivity contribution in [2.75, 3.05) is 12.0 Å². The number of amides is 2. The number of carbonyl (C=O) groups excluding carboxylic acids is 3. The van der Waals surface area contributed by atoms with Gasteiger partial charge in [0.2, 0.25) is 17.7 Å². The summed E-state index contributed by atoms with van der Waals surface area (Å²) in [6, 6.07) is 14.6. The number of hydrogen-bond donors (Lipinski definition) is 0. The first-order valence-electron chi connectivity index (χ1n) is 10.1. The molecule has 33 heavy (non-hydrogen) atoms. The number of ether oxygens (including phenoxy) is 2. The lowest BCUT2D eigenvalue weighted by atomic mass is 10.0. The number of nitrogens with zero attached hydrogens (tertiary/aromatic N) is 1. The molecule has 4 rings (SSSR count). The zero-order valence-corrected chi connectivity index (χ0v) is 19.3. The summed E-state index contributed by atoms with van der Waals surface area (Å²) in [4.78, 5) is 38.4. The molecule has 0 saturated heterocycles. The number of furan rings is 1. The van der Waals surface area contributed by atoms with Gasteiger partial charge in [-0.1, -0.05) is 18.2 Å². The van der Waals surface area contributed by atoms with E-state index in [2.05, 4.69) is 0 Å². The van der Waals surface area contributed by atoms with Crippen molar-refractivity contribution in [3.05, 3.63) is 53.9 Å². The number of anilines is 1. The Morgan fingerprint density at radius 1 is 0.939 bits per heavy atom. The number of thiophene rings is 1. The minimum absolute atomic E-state index is 0.0905. The Bertz CT molecular complexity index is 1340. The van der Waals surface area contributed by atoms with Gasteiger partial charge >= 0.3 is 5.97 Å². The molecule has 7 nitrogen and oxygen atoms in total. The summed E-state index contributed by atoms with van der Waals surface area (Å²) in [5.74, 6) is -0.395. The predicted octanol–water partition coefficient (Wildman–Crippen LogP) is 5.66. The second kappa shape index (κ2) is 8.91. The Morgan fingerprint density at radius 2 is 1.64 bits per heavy atom. The van der Waals surface area contributed by atoms with Crippen LogP contribution < -0.4 is 14.4 Å². The highest BCUT2D eigenvalue weighted by Gasteiger charge is 2.30. The van der Waals surface area contributed by atoms with Gasteiger partial charge < -0.3 is 13.9 Å². The van der Waals surface area contributed by atoms with Gasteiger partial charge in [-0.3, -0.25) is 14.4 Å². The van der Waals surface area contributed by atoms with E-state index in [1.807, 2.05) is 41.8 Å². The monoisotopic (exact) mass is 463 g/mol. The zero-order chi connectivity index (χ0) is 23.7. The largest absolute Gasteiger partial charge is 0.497 e. The van der Waals surface area contributed by atoms with Gasteiger partial charge in [-0.25, -0.2) is 4.90 Å². The summed E-state index contributed by atoms with van der Waals surface area (Å²) >= 11 is 1.42. The molecular formula is C25H21NO6S. The van der Waals surface area contributed by atoms with Crippen molar-refractivity contribution in [1.29, 1.82) is 0 Å². The van der Waals surface area contributed by atoms with E-state index in [1.165, 1.54) is 32.1 Å². The Hall–Kier alpha value is -3.91. The molecule has 0 atom stereocenters. The standard InChI is InChI=1S/C25H21NO6S/c1-14(27)26(15(2)28)25-24(22-6-5-11-33-22)23-20(31-16(3)29)12-18(13-21(23)32-25)17-7-9-19(30-4)10-8-17/h5-13H,1-4H3.